The molecule has 1 amide bonds. The number of likely N-dealkylation sites (tertiary alicyclic amines) is 1. The molecule has 2 heterocycles. The number of rotatable bonds is 3. The van der Waals surface area contributed by atoms with Crippen molar-refractivity contribution in [3.63, 3.8) is 0 Å². The maximum Gasteiger partial charge on any atom is 0.238 e. The molecule has 22 heavy (non-hydrogen) atoms. The lowest BCUT2D eigenvalue weighted by molar-refractivity contribution is -0.117. The van der Waals surface area contributed by atoms with E-state index in [1.165, 1.54) is 12.8 Å². The summed E-state index contributed by atoms with van der Waals surface area (Å²) in [5, 5.41) is 12.8. The highest BCUT2D eigenvalue weighted by Gasteiger charge is 2.18. The third-order valence-corrected chi connectivity index (χ3v) is 4.03. The number of nitrogens with zero attached hydrogens (tertiary/aromatic N) is 2. The summed E-state index contributed by atoms with van der Waals surface area (Å²) in [5.41, 5.74) is 1.10. The van der Waals surface area contributed by atoms with E-state index in [1.807, 2.05) is 24.3 Å². The van der Waals surface area contributed by atoms with Gasteiger partial charge in [0.2, 0.25) is 11.7 Å². The molecule has 0 atom stereocenters. The van der Waals surface area contributed by atoms with Gasteiger partial charge in [-0.25, -0.2) is 0 Å². The van der Waals surface area contributed by atoms with Crippen LogP contribution in [0.2, 0.25) is 0 Å². The van der Waals surface area contributed by atoms with Gasteiger partial charge in [-0.15, -0.1) is 0 Å². The van der Waals surface area contributed by atoms with Gasteiger partial charge in [0.25, 0.3) is 0 Å². The molecule has 1 aliphatic rings. The van der Waals surface area contributed by atoms with Crippen LogP contribution in [0.15, 0.2) is 28.7 Å². The number of fused-ring (bicyclic) bond motifs is 1. The molecule has 3 rings (SSSR count). The molecule has 1 aromatic carbocycles. The summed E-state index contributed by atoms with van der Waals surface area (Å²) in [5.74, 6) is 0.0652. The molecule has 1 aliphatic heterocycles. The summed E-state index contributed by atoms with van der Waals surface area (Å²) >= 11 is 0. The Bertz CT molecular complexity index is 706. The average Bonchev–Trinajstić information content (AvgIpc) is 2.69. The van der Waals surface area contributed by atoms with Crippen molar-refractivity contribution in [2.45, 2.75) is 25.7 Å². The molecule has 0 aliphatic carbocycles. The molecular weight excluding hydrogens is 278 g/mol. The predicted octanol–water partition coefficient (Wildman–Crippen LogP) is 3.12. The van der Waals surface area contributed by atoms with Crippen LogP contribution in [0.3, 0.4) is 0 Å². The summed E-state index contributed by atoms with van der Waals surface area (Å²) in [6.45, 7) is 2.29. The van der Waals surface area contributed by atoms with E-state index in [2.05, 4.69) is 10.2 Å². The van der Waals surface area contributed by atoms with Crippen molar-refractivity contribution < 1.29 is 9.21 Å². The summed E-state index contributed by atoms with van der Waals surface area (Å²) in [6, 6.07) is 9.36. The van der Waals surface area contributed by atoms with Crippen LogP contribution in [0.1, 0.15) is 31.4 Å². The zero-order chi connectivity index (χ0) is 15.4. The molecule has 0 bridgehead atoms. The monoisotopic (exact) mass is 297 g/mol. The molecule has 5 heteroatoms. The maximum atomic E-state index is 12.3. The van der Waals surface area contributed by atoms with Crippen molar-refractivity contribution in [3.05, 3.63) is 30.0 Å². The molecule has 2 aromatic rings. The van der Waals surface area contributed by atoms with E-state index < -0.39 is 0 Å². The molecule has 0 spiro atoms. The lowest BCUT2D eigenvalue weighted by Crippen LogP contribution is -2.34. The first kappa shape index (κ1) is 14.6. The second kappa shape index (κ2) is 6.63. The third-order valence-electron chi connectivity index (χ3n) is 4.03. The Morgan fingerprint density at radius 1 is 1.23 bits per heavy atom. The van der Waals surface area contributed by atoms with Crippen LogP contribution >= 0.6 is 0 Å². The number of hydrogen-bond acceptors (Lipinski definition) is 4. The van der Waals surface area contributed by atoms with Crippen LogP contribution < -0.4 is 5.32 Å². The van der Waals surface area contributed by atoms with Gasteiger partial charge in [-0.3, -0.25) is 9.69 Å². The quantitative estimate of drug-likeness (QED) is 0.945. The molecule has 0 unspecified atom stereocenters. The Morgan fingerprint density at radius 2 is 1.95 bits per heavy atom. The fraction of sp³-hybridized carbons (Fsp3) is 0.412. The second-order valence-electron chi connectivity index (χ2n) is 5.65. The summed E-state index contributed by atoms with van der Waals surface area (Å²) in [4.78, 5) is 14.5. The van der Waals surface area contributed by atoms with Crippen molar-refractivity contribution in [2.75, 3.05) is 25.0 Å². The molecule has 1 aromatic heterocycles. The molecule has 1 saturated heterocycles. The summed E-state index contributed by atoms with van der Waals surface area (Å²) < 4.78 is 5.47. The Morgan fingerprint density at radius 3 is 2.68 bits per heavy atom. The van der Waals surface area contributed by atoms with Crippen LogP contribution in [0, 0.1) is 11.3 Å². The van der Waals surface area contributed by atoms with Gasteiger partial charge < -0.3 is 9.73 Å². The minimum Gasteiger partial charge on any atom is -0.443 e. The molecule has 0 saturated carbocycles. The molecule has 5 nitrogen and oxygen atoms in total. The van der Waals surface area contributed by atoms with E-state index in [4.69, 9.17) is 4.42 Å². The number of para-hydroxylation sites is 1. The number of carbonyl (C=O) groups excluding carboxylic acids is 1. The lowest BCUT2D eigenvalue weighted by Gasteiger charge is -2.18. The SMILES string of the molecule is N#Cc1oc2ccccc2c1NC(=O)CN1CCCCCC1. The minimum absolute atomic E-state index is 0.0926. The first-order valence-corrected chi connectivity index (χ1v) is 7.72. The van der Waals surface area contributed by atoms with Gasteiger partial charge in [0.15, 0.2) is 0 Å². The van der Waals surface area contributed by atoms with Gasteiger partial charge in [0.05, 0.1) is 6.54 Å². The first-order valence-electron chi connectivity index (χ1n) is 7.72. The highest BCUT2D eigenvalue weighted by molar-refractivity contribution is 6.03. The Labute approximate surface area is 129 Å². The van der Waals surface area contributed by atoms with Crippen molar-refractivity contribution in [1.29, 1.82) is 5.26 Å². The fourth-order valence-electron chi connectivity index (χ4n) is 2.92. The van der Waals surface area contributed by atoms with Gasteiger partial charge in [0, 0.05) is 5.39 Å². The van der Waals surface area contributed by atoms with Gasteiger partial charge in [-0.2, -0.15) is 5.26 Å². The van der Waals surface area contributed by atoms with Crippen LogP contribution in [0.5, 0.6) is 0 Å². The van der Waals surface area contributed by atoms with Crippen molar-refractivity contribution in [3.8, 4) is 6.07 Å². The van der Waals surface area contributed by atoms with E-state index in [1.54, 1.807) is 6.07 Å². The van der Waals surface area contributed by atoms with Gasteiger partial charge in [-0.05, 0) is 38.1 Å². The van der Waals surface area contributed by atoms with E-state index in [-0.39, 0.29) is 11.7 Å². The topological polar surface area (TPSA) is 69.3 Å². The second-order valence-corrected chi connectivity index (χ2v) is 5.65. The zero-order valence-corrected chi connectivity index (χ0v) is 12.5. The van der Waals surface area contributed by atoms with Crippen LogP contribution in [0.25, 0.3) is 11.0 Å². The van der Waals surface area contributed by atoms with Crippen molar-refractivity contribution in [2.24, 2.45) is 0 Å². The normalized spacial score (nSPS) is 16.1. The van der Waals surface area contributed by atoms with Gasteiger partial charge >= 0.3 is 0 Å². The number of furan rings is 1. The number of carbonyl (C=O) groups is 1. The minimum atomic E-state index is -0.0926. The first-order chi connectivity index (χ1) is 10.8. The molecule has 1 N–H and O–H groups in total. The molecule has 1 fully saturated rings. The van der Waals surface area contributed by atoms with Crippen LogP contribution in [0.4, 0.5) is 5.69 Å². The number of hydrogen-bond donors (Lipinski definition) is 1. The van der Waals surface area contributed by atoms with E-state index in [0.29, 0.717) is 17.8 Å². The van der Waals surface area contributed by atoms with Crippen molar-refractivity contribution in [1.82, 2.24) is 4.90 Å². The number of nitrogens with one attached hydrogen (secondary N) is 1. The standard InChI is InChI=1S/C17H19N3O2/c18-11-15-17(13-7-3-4-8-14(13)22-15)19-16(21)12-20-9-5-1-2-6-10-20/h3-4,7-8H,1-2,5-6,9-10,12H2,(H,19,21). The van der Waals surface area contributed by atoms with Gasteiger partial charge in [0.1, 0.15) is 17.3 Å². The maximum absolute atomic E-state index is 12.3. The highest BCUT2D eigenvalue weighted by Crippen LogP contribution is 2.30. The lowest BCUT2D eigenvalue weighted by atomic mass is 10.2. The largest absolute Gasteiger partial charge is 0.443 e. The smallest absolute Gasteiger partial charge is 0.238 e. The average molecular weight is 297 g/mol. The van der Waals surface area contributed by atoms with E-state index >= 15 is 0 Å². The number of nitriles is 1. The summed E-state index contributed by atoms with van der Waals surface area (Å²) in [7, 11) is 0. The fourth-order valence-corrected chi connectivity index (χ4v) is 2.92. The number of benzene rings is 1. The van der Waals surface area contributed by atoms with E-state index in [9.17, 15) is 10.1 Å². The third kappa shape index (κ3) is 3.12. The van der Waals surface area contributed by atoms with Crippen molar-refractivity contribution >= 4 is 22.6 Å². The van der Waals surface area contributed by atoms with E-state index in [0.717, 1.165) is 31.3 Å². The van der Waals surface area contributed by atoms with Crippen LogP contribution in [-0.2, 0) is 4.79 Å². The highest BCUT2D eigenvalue weighted by atomic mass is 16.3. The molecule has 114 valence electrons. The zero-order valence-electron chi connectivity index (χ0n) is 12.5. The number of anilines is 1. The Balaban J connectivity index is 1.75. The van der Waals surface area contributed by atoms with Gasteiger partial charge in [-0.1, -0.05) is 25.0 Å². The molecule has 0 radical (unpaired) electrons. The summed E-state index contributed by atoms with van der Waals surface area (Å²) in [6.07, 6.45) is 4.77. The Hall–Kier alpha value is -2.32. The Kier molecular flexibility index (Phi) is 4.40. The molecular formula is C17H19N3O2. The predicted molar refractivity (Wildman–Crippen MR) is 84.5 cm³/mol. The van der Waals surface area contributed by atoms with Crippen LogP contribution in [-0.4, -0.2) is 30.4 Å². The number of amides is 1.